The zero-order chi connectivity index (χ0) is 14.5. The van der Waals surface area contributed by atoms with Crippen LogP contribution in [0.3, 0.4) is 0 Å². The number of carbonyl (C=O) groups is 1. The minimum atomic E-state index is -0.350. The van der Waals surface area contributed by atoms with Gasteiger partial charge in [-0.05, 0) is 24.7 Å². The summed E-state index contributed by atoms with van der Waals surface area (Å²) in [5.41, 5.74) is 5.96. The first-order valence-electron chi connectivity index (χ1n) is 7.92. The maximum atomic E-state index is 12.2. The average Bonchev–Trinajstić information content (AvgIpc) is 2.47. The van der Waals surface area contributed by atoms with Gasteiger partial charge in [0.2, 0.25) is 5.91 Å². The van der Waals surface area contributed by atoms with Crippen LogP contribution in [0, 0.1) is 11.8 Å². The normalized spacial score (nSPS) is 23.0. The van der Waals surface area contributed by atoms with E-state index in [1.807, 2.05) is 18.7 Å². The van der Waals surface area contributed by atoms with E-state index in [1.54, 1.807) is 0 Å². The highest BCUT2D eigenvalue weighted by molar-refractivity contribution is 5.85. The summed E-state index contributed by atoms with van der Waals surface area (Å²) in [6.45, 7) is 10.6. The molecular weight excluding hydrogens is 290 g/mol. The summed E-state index contributed by atoms with van der Waals surface area (Å²) in [4.78, 5) is 16.6. The highest BCUT2D eigenvalue weighted by Gasteiger charge is 2.27. The number of nitrogens with two attached hydrogens (primary N) is 1. The second-order valence-electron chi connectivity index (χ2n) is 6.45. The number of rotatable bonds is 4. The van der Waals surface area contributed by atoms with E-state index < -0.39 is 0 Å². The molecule has 2 aliphatic heterocycles. The van der Waals surface area contributed by atoms with Crippen LogP contribution in [-0.2, 0) is 9.53 Å². The first-order chi connectivity index (χ1) is 9.58. The van der Waals surface area contributed by atoms with Crippen molar-refractivity contribution in [2.24, 2.45) is 17.6 Å². The fourth-order valence-electron chi connectivity index (χ4n) is 2.94. The molecule has 0 unspecified atom stereocenters. The van der Waals surface area contributed by atoms with E-state index in [0.29, 0.717) is 0 Å². The molecule has 0 aromatic carbocycles. The molecule has 1 amide bonds. The van der Waals surface area contributed by atoms with Crippen LogP contribution in [0.4, 0.5) is 0 Å². The molecule has 0 radical (unpaired) electrons. The van der Waals surface area contributed by atoms with Gasteiger partial charge >= 0.3 is 0 Å². The standard InChI is InChI=1S/C15H29N3O2.ClH/c1-12(2)14(16)15(19)18-7-5-17(6-8-18)11-13-3-9-20-10-4-13;/h12-14H,3-11,16H2,1-2H3;1H/t14-;/m0./s1. The van der Waals surface area contributed by atoms with Crippen molar-refractivity contribution in [2.45, 2.75) is 32.7 Å². The van der Waals surface area contributed by atoms with Gasteiger partial charge in [-0.2, -0.15) is 0 Å². The third-order valence-electron chi connectivity index (χ3n) is 4.54. The Kier molecular flexibility index (Phi) is 7.95. The second-order valence-corrected chi connectivity index (χ2v) is 6.45. The van der Waals surface area contributed by atoms with Crippen LogP contribution in [-0.4, -0.2) is 67.7 Å². The first kappa shape index (κ1) is 18.7. The van der Waals surface area contributed by atoms with E-state index in [1.165, 1.54) is 12.8 Å². The Bertz CT molecular complexity index is 314. The second kappa shape index (κ2) is 8.93. The van der Waals surface area contributed by atoms with Crippen LogP contribution in [0.15, 0.2) is 0 Å². The molecule has 1 atom stereocenters. The Balaban J connectivity index is 0.00000220. The van der Waals surface area contributed by atoms with E-state index in [-0.39, 0.29) is 30.3 Å². The Morgan fingerprint density at radius 3 is 2.29 bits per heavy atom. The Labute approximate surface area is 134 Å². The summed E-state index contributed by atoms with van der Waals surface area (Å²) < 4.78 is 5.40. The van der Waals surface area contributed by atoms with Gasteiger partial charge in [0.25, 0.3) is 0 Å². The number of carbonyl (C=O) groups excluding carboxylic acids is 1. The van der Waals surface area contributed by atoms with Crippen LogP contribution in [0.5, 0.6) is 0 Å². The number of piperazine rings is 1. The molecule has 2 rings (SSSR count). The van der Waals surface area contributed by atoms with E-state index in [2.05, 4.69) is 4.90 Å². The Morgan fingerprint density at radius 2 is 1.76 bits per heavy atom. The predicted octanol–water partition coefficient (Wildman–Crippen LogP) is 0.962. The maximum Gasteiger partial charge on any atom is 0.239 e. The van der Waals surface area contributed by atoms with Crippen molar-refractivity contribution < 1.29 is 9.53 Å². The molecule has 0 bridgehead atoms. The van der Waals surface area contributed by atoms with Crippen molar-refractivity contribution in [2.75, 3.05) is 45.9 Å². The number of amides is 1. The minimum absolute atomic E-state index is 0. The van der Waals surface area contributed by atoms with E-state index in [4.69, 9.17) is 10.5 Å². The van der Waals surface area contributed by atoms with Gasteiger partial charge in [0.1, 0.15) is 0 Å². The topological polar surface area (TPSA) is 58.8 Å². The molecule has 2 aliphatic rings. The lowest BCUT2D eigenvalue weighted by Gasteiger charge is -2.38. The Morgan fingerprint density at radius 1 is 1.19 bits per heavy atom. The van der Waals surface area contributed by atoms with Crippen molar-refractivity contribution >= 4 is 18.3 Å². The lowest BCUT2D eigenvalue weighted by molar-refractivity contribution is -0.135. The zero-order valence-corrected chi connectivity index (χ0v) is 14.1. The van der Waals surface area contributed by atoms with Gasteiger partial charge in [-0.15, -0.1) is 12.4 Å². The van der Waals surface area contributed by atoms with Gasteiger partial charge in [-0.3, -0.25) is 9.69 Å². The molecule has 5 nitrogen and oxygen atoms in total. The molecule has 2 N–H and O–H groups in total. The summed E-state index contributed by atoms with van der Waals surface area (Å²) in [7, 11) is 0. The highest BCUT2D eigenvalue weighted by Crippen LogP contribution is 2.17. The molecule has 2 fully saturated rings. The quantitative estimate of drug-likeness (QED) is 0.838. The molecule has 0 aromatic rings. The van der Waals surface area contributed by atoms with Crippen molar-refractivity contribution in [3.63, 3.8) is 0 Å². The molecule has 2 saturated heterocycles. The predicted molar refractivity (Wildman–Crippen MR) is 86.6 cm³/mol. The van der Waals surface area contributed by atoms with Crippen LogP contribution < -0.4 is 5.73 Å². The summed E-state index contributed by atoms with van der Waals surface area (Å²) in [6.07, 6.45) is 2.36. The van der Waals surface area contributed by atoms with Crippen molar-refractivity contribution in [3.8, 4) is 0 Å². The fraction of sp³-hybridized carbons (Fsp3) is 0.933. The smallest absolute Gasteiger partial charge is 0.239 e. The molecule has 0 aromatic heterocycles. The van der Waals surface area contributed by atoms with Gasteiger partial charge in [-0.25, -0.2) is 0 Å². The van der Waals surface area contributed by atoms with Gasteiger partial charge in [0.05, 0.1) is 6.04 Å². The average molecular weight is 320 g/mol. The monoisotopic (exact) mass is 319 g/mol. The molecule has 2 heterocycles. The molecule has 21 heavy (non-hydrogen) atoms. The van der Waals surface area contributed by atoms with Gasteiger partial charge in [0, 0.05) is 45.9 Å². The van der Waals surface area contributed by atoms with Crippen LogP contribution >= 0.6 is 12.4 Å². The molecular formula is C15H30ClN3O2. The number of hydrogen-bond acceptors (Lipinski definition) is 4. The van der Waals surface area contributed by atoms with Crippen LogP contribution in [0.2, 0.25) is 0 Å². The number of halogens is 1. The number of nitrogens with zero attached hydrogens (tertiary/aromatic N) is 2. The number of hydrogen-bond donors (Lipinski definition) is 1. The molecule has 0 saturated carbocycles. The van der Waals surface area contributed by atoms with Crippen LogP contribution in [0.25, 0.3) is 0 Å². The SMILES string of the molecule is CC(C)[C@H](N)C(=O)N1CCN(CC2CCOCC2)CC1.Cl. The summed E-state index contributed by atoms with van der Waals surface area (Å²) in [6, 6.07) is -0.350. The third kappa shape index (κ3) is 5.40. The van der Waals surface area contributed by atoms with E-state index >= 15 is 0 Å². The Hall–Kier alpha value is -0.360. The van der Waals surface area contributed by atoms with E-state index in [0.717, 1.165) is 51.9 Å². The van der Waals surface area contributed by atoms with Crippen molar-refractivity contribution in [1.29, 1.82) is 0 Å². The largest absolute Gasteiger partial charge is 0.381 e. The van der Waals surface area contributed by atoms with Crippen molar-refractivity contribution in [3.05, 3.63) is 0 Å². The van der Waals surface area contributed by atoms with E-state index in [9.17, 15) is 4.79 Å². The fourth-order valence-corrected chi connectivity index (χ4v) is 2.94. The summed E-state index contributed by atoms with van der Waals surface area (Å²) in [5, 5.41) is 0. The summed E-state index contributed by atoms with van der Waals surface area (Å²) in [5.74, 6) is 1.09. The van der Waals surface area contributed by atoms with Gasteiger partial charge in [0.15, 0.2) is 0 Å². The van der Waals surface area contributed by atoms with Crippen molar-refractivity contribution in [1.82, 2.24) is 9.80 Å². The molecule has 124 valence electrons. The minimum Gasteiger partial charge on any atom is -0.381 e. The molecule has 0 aliphatic carbocycles. The van der Waals surface area contributed by atoms with Gasteiger partial charge < -0.3 is 15.4 Å². The van der Waals surface area contributed by atoms with Gasteiger partial charge in [-0.1, -0.05) is 13.8 Å². The lowest BCUT2D eigenvalue weighted by atomic mass is 9.99. The highest BCUT2D eigenvalue weighted by atomic mass is 35.5. The zero-order valence-electron chi connectivity index (χ0n) is 13.3. The third-order valence-corrected chi connectivity index (χ3v) is 4.54. The maximum absolute atomic E-state index is 12.2. The first-order valence-corrected chi connectivity index (χ1v) is 7.92. The molecule has 0 spiro atoms. The summed E-state index contributed by atoms with van der Waals surface area (Å²) >= 11 is 0. The van der Waals surface area contributed by atoms with Crippen LogP contribution in [0.1, 0.15) is 26.7 Å². The lowest BCUT2D eigenvalue weighted by Crippen LogP contribution is -2.54. The number of ether oxygens (including phenoxy) is 1. The molecule has 6 heteroatoms.